The lowest BCUT2D eigenvalue weighted by molar-refractivity contribution is -0.184. The Labute approximate surface area is 199 Å². The van der Waals surface area contributed by atoms with Crippen LogP contribution in [0.5, 0.6) is 5.75 Å². The first-order valence-corrected chi connectivity index (χ1v) is 9.98. The third-order valence-corrected chi connectivity index (χ3v) is 5.17. The molecule has 0 saturated carbocycles. The lowest BCUT2D eigenvalue weighted by Gasteiger charge is -2.28. The third kappa shape index (κ3) is 7.02. The van der Waals surface area contributed by atoms with Gasteiger partial charge in [-0.15, -0.1) is 24.8 Å². The van der Waals surface area contributed by atoms with Crippen molar-refractivity contribution >= 4 is 42.1 Å². The lowest BCUT2D eigenvalue weighted by atomic mass is 10.0. The minimum atomic E-state index is -0.727. The molecule has 1 aromatic heterocycles. The van der Waals surface area contributed by atoms with Crippen molar-refractivity contribution in [3.05, 3.63) is 77.8 Å². The molecule has 2 heterocycles. The summed E-state index contributed by atoms with van der Waals surface area (Å²) in [5, 5.41) is 0.732. The van der Waals surface area contributed by atoms with E-state index >= 15 is 0 Å². The van der Waals surface area contributed by atoms with Crippen molar-refractivity contribution in [1.29, 1.82) is 0 Å². The van der Waals surface area contributed by atoms with Crippen LogP contribution in [0.3, 0.4) is 0 Å². The maximum atomic E-state index is 6.37. The van der Waals surface area contributed by atoms with Crippen molar-refractivity contribution in [3.63, 3.8) is 0 Å². The molecular weight excluding hydrogens is 461 g/mol. The molecule has 9 heteroatoms. The Balaban J connectivity index is 0.00000171. The average Bonchev–Trinajstić information content (AvgIpc) is 3.38. The molecule has 0 aliphatic carbocycles. The molecule has 0 unspecified atom stereocenters. The SMILES string of the molecule is Cl.Cl.Nc1ccc(OC[C@@H]2CO[C@@](CCc3ccc(Cl)cc3)(Cn3ccnc3)O2)cc1. The highest BCUT2D eigenvalue weighted by Crippen LogP contribution is 2.31. The van der Waals surface area contributed by atoms with Gasteiger partial charge in [-0.2, -0.15) is 0 Å². The average molecular weight is 487 g/mol. The number of aromatic nitrogens is 2. The molecular formula is C22H26Cl3N3O3. The van der Waals surface area contributed by atoms with Crippen LogP contribution >= 0.6 is 36.4 Å². The van der Waals surface area contributed by atoms with Gasteiger partial charge in [0.2, 0.25) is 0 Å². The molecule has 2 atom stereocenters. The topological polar surface area (TPSA) is 71.5 Å². The number of rotatable bonds is 8. The molecule has 168 valence electrons. The van der Waals surface area contributed by atoms with Gasteiger partial charge in [-0.1, -0.05) is 23.7 Å². The van der Waals surface area contributed by atoms with E-state index in [1.165, 1.54) is 5.56 Å². The molecule has 1 fully saturated rings. The summed E-state index contributed by atoms with van der Waals surface area (Å²) in [5.41, 5.74) is 7.62. The molecule has 1 aliphatic heterocycles. The molecule has 31 heavy (non-hydrogen) atoms. The quantitative estimate of drug-likeness (QED) is 0.464. The lowest BCUT2D eigenvalue weighted by Crippen LogP contribution is -2.37. The van der Waals surface area contributed by atoms with Gasteiger partial charge in [0, 0.05) is 29.5 Å². The Morgan fingerprint density at radius 2 is 1.87 bits per heavy atom. The van der Waals surface area contributed by atoms with Crippen molar-refractivity contribution < 1.29 is 14.2 Å². The minimum absolute atomic E-state index is 0. The summed E-state index contributed by atoms with van der Waals surface area (Å²) in [6, 6.07) is 15.2. The van der Waals surface area contributed by atoms with Crippen molar-refractivity contribution in [3.8, 4) is 5.75 Å². The van der Waals surface area contributed by atoms with E-state index in [2.05, 4.69) is 4.98 Å². The van der Waals surface area contributed by atoms with E-state index in [1.807, 2.05) is 59.3 Å². The molecule has 0 amide bonds. The van der Waals surface area contributed by atoms with Crippen LogP contribution in [0.1, 0.15) is 12.0 Å². The predicted molar refractivity (Wildman–Crippen MR) is 126 cm³/mol. The number of nitrogens with two attached hydrogens (primary N) is 1. The maximum absolute atomic E-state index is 6.37. The highest BCUT2D eigenvalue weighted by Gasteiger charge is 2.42. The number of imidazole rings is 1. The zero-order valence-electron chi connectivity index (χ0n) is 16.9. The number of benzene rings is 2. The monoisotopic (exact) mass is 485 g/mol. The number of nitrogens with zero attached hydrogens (tertiary/aromatic N) is 2. The molecule has 0 spiro atoms. The van der Waals surface area contributed by atoms with Gasteiger partial charge >= 0.3 is 0 Å². The molecule has 0 radical (unpaired) electrons. The number of aryl methyl sites for hydroxylation is 1. The fourth-order valence-electron chi connectivity index (χ4n) is 3.39. The largest absolute Gasteiger partial charge is 0.491 e. The number of ether oxygens (including phenoxy) is 3. The number of halogens is 3. The summed E-state index contributed by atoms with van der Waals surface area (Å²) < 4.78 is 20.4. The van der Waals surface area contributed by atoms with E-state index in [1.54, 1.807) is 12.5 Å². The van der Waals surface area contributed by atoms with Gasteiger partial charge in [-0.3, -0.25) is 0 Å². The molecule has 1 saturated heterocycles. The van der Waals surface area contributed by atoms with Crippen LogP contribution in [0, 0.1) is 0 Å². The van der Waals surface area contributed by atoms with E-state index < -0.39 is 5.79 Å². The summed E-state index contributed by atoms with van der Waals surface area (Å²) in [6.45, 7) is 1.46. The highest BCUT2D eigenvalue weighted by molar-refractivity contribution is 6.30. The first kappa shape index (κ1) is 25.3. The number of anilines is 1. The van der Waals surface area contributed by atoms with Crippen LogP contribution in [0.2, 0.25) is 5.02 Å². The molecule has 2 aromatic carbocycles. The highest BCUT2D eigenvalue weighted by atomic mass is 35.5. The zero-order valence-corrected chi connectivity index (χ0v) is 19.2. The molecule has 2 N–H and O–H groups in total. The number of nitrogen functional groups attached to an aromatic ring is 1. The Hall–Kier alpha value is -1.96. The van der Waals surface area contributed by atoms with E-state index in [4.69, 9.17) is 31.5 Å². The van der Waals surface area contributed by atoms with Crippen molar-refractivity contribution in [2.75, 3.05) is 18.9 Å². The van der Waals surface area contributed by atoms with Gasteiger partial charge in [-0.05, 0) is 48.4 Å². The van der Waals surface area contributed by atoms with Crippen molar-refractivity contribution in [1.82, 2.24) is 9.55 Å². The van der Waals surface area contributed by atoms with Gasteiger partial charge in [0.25, 0.3) is 0 Å². The molecule has 4 rings (SSSR count). The third-order valence-electron chi connectivity index (χ3n) is 4.92. The van der Waals surface area contributed by atoms with E-state index in [-0.39, 0.29) is 30.9 Å². The molecule has 6 nitrogen and oxygen atoms in total. The summed E-state index contributed by atoms with van der Waals surface area (Å²) >= 11 is 5.99. The second kappa shape index (κ2) is 11.6. The van der Waals surface area contributed by atoms with Crippen molar-refractivity contribution in [2.45, 2.75) is 31.3 Å². The molecule has 1 aliphatic rings. The first-order chi connectivity index (χ1) is 14.1. The zero-order chi connectivity index (χ0) is 20.1. The van der Waals surface area contributed by atoms with Crippen LogP contribution in [0.15, 0.2) is 67.3 Å². The molecule has 0 bridgehead atoms. The van der Waals surface area contributed by atoms with Gasteiger partial charge in [-0.25, -0.2) is 4.98 Å². The first-order valence-electron chi connectivity index (χ1n) is 9.61. The predicted octanol–water partition coefficient (Wildman–Crippen LogP) is 4.79. The van der Waals surface area contributed by atoms with Gasteiger partial charge in [0.1, 0.15) is 18.5 Å². The van der Waals surface area contributed by atoms with E-state index in [0.29, 0.717) is 31.9 Å². The van der Waals surface area contributed by atoms with Crippen LogP contribution in [0.25, 0.3) is 0 Å². The van der Waals surface area contributed by atoms with Crippen molar-refractivity contribution in [2.24, 2.45) is 0 Å². The second-order valence-electron chi connectivity index (χ2n) is 7.20. The van der Waals surface area contributed by atoms with Crippen LogP contribution < -0.4 is 10.5 Å². The van der Waals surface area contributed by atoms with Crippen LogP contribution in [-0.4, -0.2) is 34.7 Å². The smallest absolute Gasteiger partial charge is 0.187 e. The van der Waals surface area contributed by atoms with Crippen LogP contribution in [-0.2, 0) is 22.4 Å². The Morgan fingerprint density at radius 3 is 2.55 bits per heavy atom. The maximum Gasteiger partial charge on any atom is 0.187 e. The second-order valence-corrected chi connectivity index (χ2v) is 7.64. The number of hydrogen-bond donors (Lipinski definition) is 1. The number of hydrogen-bond acceptors (Lipinski definition) is 5. The fourth-order valence-corrected chi connectivity index (χ4v) is 3.52. The summed E-state index contributed by atoms with van der Waals surface area (Å²) in [4.78, 5) is 4.13. The van der Waals surface area contributed by atoms with Gasteiger partial charge in [0.15, 0.2) is 5.79 Å². The Kier molecular flexibility index (Phi) is 9.47. The van der Waals surface area contributed by atoms with Gasteiger partial charge in [0.05, 0.1) is 19.5 Å². The Morgan fingerprint density at radius 1 is 1.13 bits per heavy atom. The van der Waals surface area contributed by atoms with E-state index in [0.717, 1.165) is 17.2 Å². The van der Waals surface area contributed by atoms with E-state index in [9.17, 15) is 0 Å². The van der Waals surface area contributed by atoms with Gasteiger partial charge < -0.3 is 24.5 Å². The molecule has 3 aromatic rings. The summed E-state index contributed by atoms with van der Waals surface area (Å²) in [7, 11) is 0. The Bertz CT molecular complexity index is 908. The summed E-state index contributed by atoms with van der Waals surface area (Å²) in [5.74, 6) is 0.0335. The fraction of sp³-hybridized carbons (Fsp3) is 0.318. The minimum Gasteiger partial charge on any atom is -0.491 e. The summed E-state index contributed by atoms with van der Waals surface area (Å²) in [6.07, 6.45) is 6.82. The standard InChI is InChI=1S/C22H24ClN3O3.2ClH/c23-18-3-1-17(2-4-18)9-10-22(15-26-12-11-25-16-26)28-14-21(29-22)13-27-20-7-5-19(24)6-8-20;;/h1-8,11-12,16,21H,9-10,13-15,24H2;2*1H/t21-,22-;;/m1../s1. The van der Waals surface area contributed by atoms with Crippen LogP contribution in [0.4, 0.5) is 5.69 Å². The normalized spacial score (nSPS) is 20.0.